The van der Waals surface area contributed by atoms with Crippen LogP contribution in [0.3, 0.4) is 0 Å². The lowest BCUT2D eigenvalue weighted by atomic mass is 10.0. The van der Waals surface area contributed by atoms with Crippen molar-refractivity contribution in [1.29, 1.82) is 0 Å². The van der Waals surface area contributed by atoms with Crippen LogP contribution in [0, 0.1) is 0 Å². The molecule has 3 nitrogen and oxygen atoms in total. The van der Waals surface area contributed by atoms with Crippen LogP contribution in [0.1, 0.15) is 18.5 Å². The zero-order valence-electron chi connectivity index (χ0n) is 8.31. The summed E-state index contributed by atoms with van der Waals surface area (Å²) in [5.41, 5.74) is 6.64. The average molecular weight is 218 g/mol. The van der Waals surface area contributed by atoms with Crippen LogP contribution in [0.5, 0.6) is 5.75 Å². The fourth-order valence-corrected chi connectivity index (χ4v) is 1.13. The first-order valence-electron chi connectivity index (χ1n) is 4.22. The predicted molar refractivity (Wildman–Crippen MR) is 58.9 cm³/mol. The highest BCUT2D eigenvalue weighted by molar-refractivity contribution is 5.85. The van der Waals surface area contributed by atoms with Crippen LogP contribution in [-0.4, -0.2) is 18.3 Å². The van der Waals surface area contributed by atoms with Gasteiger partial charge < -0.3 is 15.6 Å². The molecule has 0 heterocycles. The topological polar surface area (TPSA) is 55.5 Å². The number of hydrogen-bond acceptors (Lipinski definition) is 3. The van der Waals surface area contributed by atoms with Gasteiger partial charge in [-0.2, -0.15) is 0 Å². The lowest BCUT2D eigenvalue weighted by Crippen LogP contribution is -2.22. The Balaban J connectivity index is 0.00000169. The average Bonchev–Trinajstić information content (AvgIpc) is 2.16. The van der Waals surface area contributed by atoms with E-state index in [1.807, 2.05) is 24.3 Å². The van der Waals surface area contributed by atoms with E-state index in [1.54, 1.807) is 14.0 Å². The molecule has 14 heavy (non-hydrogen) atoms. The van der Waals surface area contributed by atoms with E-state index in [4.69, 9.17) is 10.5 Å². The van der Waals surface area contributed by atoms with Gasteiger partial charge in [-0.05, 0) is 24.6 Å². The van der Waals surface area contributed by atoms with Crippen molar-refractivity contribution in [3.8, 4) is 5.75 Å². The molecule has 0 aliphatic rings. The summed E-state index contributed by atoms with van der Waals surface area (Å²) in [4.78, 5) is 0. The van der Waals surface area contributed by atoms with Crippen molar-refractivity contribution in [3.05, 3.63) is 29.8 Å². The van der Waals surface area contributed by atoms with Crippen LogP contribution in [0.4, 0.5) is 0 Å². The van der Waals surface area contributed by atoms with Crippen LogP contribution in [0.15, 0.2) is 24.3 Å². The van der Waals surface area contributed by atoms with Crippen molar-refractivity contribution in [2.75, 3.05) is 7.11 Å². The molecule has 0 amide bonds. The van der Waals surface area contributed by atoms with Gasteiger partial charge in [-0.3, -0.25) is 0 Å². The van der Waals surface area contributed by atoms with Crippen molar-refractivity contribution >= 4 is 12.4 Å². The van der Waals surface area contributed by atoms with E-state index in [0.717, 1.165) is 11.3 Å². The second-order valence-corrected chi connectivity index (χ2v) is 3.04. The van der Waals surface area contributed by atoms with E-state index in [0.29, 0.717) is 0 Å². The molecule has 2 atom stereocenters. The highest BCUT2D eigenvalue weighted by atomic mass is 35.5. The number of methoxy groups -OCH3 is 1. The number of aliphatic hydroxyl groups excluding tert-OH is 1. The number of aliphatic hydroxyl groups is 1. The number of nitrogens with two attached hydrogens (primary N) is 1. The Kier molecular flexibility index (Phi) is 5.53. The van der Waals surface area contributed by atoms with Crippen LogP contribution < -0.4 is 10.5 Å². The molecular formula is C10H16ClNO2. The molecule has 1 rings (SSSR count). The minimum atomic E-state index is -0.549. The molecule has 0 spiro atoms. The van der Waals surface area contributed by atoms with E-state index in [9.17, 15) is 5.11 Å². The van der Waals surface area contributed by atoms with Crippen LogP contribution in [0.25, 0.3) is 0 Å². The van der Waals surface area contributed by atoms with Gasteiger partial charge >= 0.3 is 0 Å². The van der Waals surface area contributed by atoms with E-state index in [1.165, 1.54) is 0 Å². The number of ether oxygens (including phenoxy) is 1. The van der Waals surface area contributed by atoms with E-state index in [2.05, 4.69) is 0 Å². The molecule has 3 N–H and O–H groups in total. The van der Waals surface area contributed by atoms with Crippen molar-refractivity contribution in [3.63, 3.8) is 0 Å². The Morgan fingerprint density at radius 1 is 1.43 bits per heavy atom. The van der Waals surface area contributed by atoms with Crippen LogP contribution in [-0.2, 0) is 0 Å². The summed E-state index contributed by atoms with van der Waals surface area (Å²) in [6.45, 7) is 1.67. The molecule has 1 aromatic carbocycles. The Hall–Kier alpha value is -0.770. The number of benzene rings is 1. The summed E-state index contributed by atoms with van der Waals surface area (Å²) < 4.78 is 5.05. The van der Waals surface area contributed by atoms with Crippen molar-refractivity contribution in [1.82, 2.24) is 0 Å². The second-order valence-electron chi connectivity index (χ2n) is 3.04. The number of hydrogen-bond donors (Lipinski definition) is 2. The Morgan fingerprint density at radius 3 is 2.57 bits per heavy atom. The molecule has 0 saturated carbocycles. The molecular weight excluding hydrogens is 202 g/mol. The molecule has 0 aromatic heterocycles. The van der Waals surface area contributed by atoms with Gasteiger partial charge in [0.15, 0.2) is 0 Å². The lowest BCUT2D eigenvalue weighted by molar-refractivity contribution is 0.164. The third-order valence-electron chi connectivity index (χ3n) is 2.00. The fraction of sp³-hybridized carbons (Fsp3) is 0.400. The first-order valence-corrected chi connectivity index (χ1v) is 4.22. The largest absolute Gasteiger partial charge is 0.497 e. The van der Waals surface area contributed by atoms with Gasteiger partial charge in [-0.15, -0.1) is 12.4 Å². The van der Waals surface area contributed by atoms with E-state index < -0.39 is 6.10 Å². The summed E-state index contributed by atoms with van der Waals surface area (Å²) in [5, 5.41) is 9.27. The Labute approximate surface area is 90.3 Å². The molecule has 80 valence electrons. The molecule has 0 fully saturated rings. The van der Waals surface area contributed by atoms with Crippen LogP contribution in [0.2, 0.25) is 0 Å². The Bertz CT molecular complexity index is 279. The van der Waals surface area contributed by atoms with Gasteiger partial charge in [0.2, 0.25) is 0 Å². The van der Waals surface area contributed by atoms with Crippen molar-refractivity contribution in [2.24, 2.45) is 5.73 Å². The maximum atomic E-state index is 9.27. The third-order valence-corrected chi connectivity index (χ3v) is 2.00. The zero-order valence-corrected chi connectivity index (χ0v) is 9.12. The summed E-state index contributed by atoms with van der Waals surface area (Å²) in [5.74, 6) is 0.758. The molecule has 0 aliphatic carbocycles. The first kappa shape index (κ1) is 13.2. The minimum absolute atomic E-state index is 0. The Morgan fingerprint density at radius 2 is 2.07 bits per heavy atom. The summed E-state index contributed by atoms with van der Waals surface area (Å²) >= 11 is 0. The van der Waals surface area contributed by atoms with Gasteiger partial charge in [0.1, 0.15) is 5.75 Å². The van der Waals surface area contributed by atoms with Gasteiger partial charge in [-0.25, -0.2) is 0 Å². The zero-order chi connectivity index (χ0) is 9.84. The number of halogens is 1. The molecule has 0 saturated heterocycles. The van der Waals surface area contributed by atoms with Gasteiger partial charge in [0, 0.05) is 0 Å². The van der Waals surface area contributed by atoms with E-state index >= 15 is 0 Å². The molecule has 1 aromatic rings. The van der Waals surface area contributed by atoms with Gasteiger partial charge in [-0.1, -0.05) is 12.1 Å². The maximum absolute atomic E-state index is 9.27. The highest BCUT2D eigenvalue weighted by Gasteiger charge is 2.11. The standard InChI is InChI=1S/C10H15NO2.ClH/c1-7(12)10(11)8-4-3-5-9(6-8)13-2;/h3-7,10,12H,11H2,1-2H3;1H. The molecule has 2 unspecified atom stereocenters. The predicted octanol–water partition coefficient (Wildman–Crippen LogP) is 1.50. The first-order chi connectivity index (χ1) is 6.15. The highest BCUT2D eigenvalue weighted by Crippen LogP contribution is 2.19. The monoisotopic (exact) mass is 217 g/mol. The summed E-state index contributed by atoms with van der Waals surface area (Å²) in [7, 11) is 1.60. The molecule has 4 heteroatoms. The SMILES string of the molecule is COc1cccc(C(N)C(C)O)c1.Cl. The maximum Gasteiger partial charge on any atom is 0.119 e. The summed E-state index contributed by atoms with van der Waals surface area (Å²) in [6, 6.07) is 7.06. The fourth-order valence-electron chi connectivity index (χ4n) is 1.13. The normalized spacial score (nSPS) is 14.0. The second kappa shape index (κ2) is 5.86. The quantitative estimate of drug-likeness (QED) is 0.807. The van der Waals surface area contributed by atoms with Crippen molar-refractivity contribution in [2.45, 2.75) is 19.1 Å². The van der Waals surface area contributed by atoms with E-state index in [-0.39, 0.29) is 18.4 Å². The van der Waals surface area contributed by atoms with Gasteiger partial charge in [0.05, 0.1) is 19.3 Å². The smallest absolute Gasteiger partial charge is 0.119 e. The molecule has 0 bridgehead atoms. The molecule has 0 aliphatic heterocycles. The minimum Gasteiger partial charge on any atom is -0.497 e. The van der Waals surface area contributed by atoms with Crippen LogP contribution >= 0.6 is 12.4 Å². The third kappa shape index (κ3) is 3.18. The lowest BCUT2D eigenvalue weighted by Gasteiger charge is -2.15. The van der Waals surface area contributed by atoms with Gasteiger partial charge in [0.25, 0.3) is 0 Å². The summed E-state index contributed by atoms with van der Waals surface area (Å²) in [6.07, 6.45) is -0.549. The molecule has 0 radical (unpaired) electrons. The van der Waals surface area contributed by atoms with Crippen molar-refractivity contribution < 1.29 is 9.84 Å². The number of rotatable bonds is 3.